The lowest BCUT2D eigenvalue weighted by molar-refractivity contribution is -0.187. The van der Waals surface area contributed by atoms with Crippen molar-refractivity contribution in [3.8, 4) is 5.75 Å². The molecule has 1 aromatic rings. The third kappa shape index (κ3) is 7.86. The molecular formula is C34H45ClN2O10S. The highest BCUT2D eigenvalue weighted by Crippen LogP contribution is 2.50. The molecule has 12 nitrogen and oxygen atoms in total. The maximum absolute atomic E-state index is 14.0. The third-order valence-corrected chi connectivity index (χ3v) is 10.4. The van der Waals surface area contributed by atoms with Gasteiger partial charge in [0.2, 0.25) is 5.91 Å². The van der Waals surface area contributed by atoms with Gasteiger partial charge in [-0.1, -0.05) is 55.0 Å². The van der Waals surface area contributed by atoms with Crippen LogP contribution >= 0.6 is 24.2 Å². The number of hydrogen-bond acceptors (Lipinski definition) is 10. The molecule has 3 aliphatic rings. The van der Waals surface area contributed by atoms with Gasteiger partial charge in [0, 0.05) is 33.5 Å². The van der Waals surface area contributed by atoms with Crippen molar-refractivity contribution < 1.29 is 48.0 Å². The standard InChI is InChI=1S/C34H45ClN2O10S/c1-18-10-9-11-25(44-8)34(42)16-24(45-28(39)17-34)19(2)30-33(4,47-30)26(46-31(40)20(3)36(5)32(41)48)15-27(38)37(6)22-13-21(12-18)14-23(43-7)29(22)35/h9-11,13-14,19-20,24-26,30,42H,12,15-17H2,1-8H3,(H,41,48)/b11-9+,18-10+/t19-,20+,24+,25-,26-,30+,33+,34-/m1/s1. The molecule has 0 radical (unpaired) electrons. The highest BCUT2D eigenvalue weighted by atomic mass is 35.5. The number of epoxide rings is 1. The number of carbonyl (C=O) groups excluding carboxylic acids is 4. The number of ether oxygens (including phenoxy) is 5. The lowest BCUT2D eigenvalue weighted by Gasteiger charge is -2.41. The molecule has 48 heavy (non-hydrogen) atoms. The van der Waals surface area contributed by atoms with Crippen LogP contribution in [0.25, 0.3) is 0 Å². The maximum Gasteiger partial charge on any atom is 0.328 e. The molecule has 4 bridgehead atoms. The first-order chi connectivity index (χ1) is 22.4. The van der Waals surface area contributed by atoms with Crippen LogP contribution in [-0.2, 0) is 39.8 Å². The number of methoxy groups -OCH3 is 2. The fourth-order valence-corrected chi connectivity index (χ4v) is 6.91. The highest BCUT2D eigenvalue weighted by molar-refractivity contribution is 7.96. The summed E-state index contributed by atoms with van der Waals surface area (Å²) in [4.78, 5) is 54.5. The molecule has 2 amide bonds. The first kappa shape index (κ1) is 37.7. The van der Waals surface area contributed by atoms with Crippen molar-refractivity contribution in [2.45, 2.75) is 95.0 Å². The number of halogens is 1. The summed E-state index contributed by atoms with van der Waals surface area (Å²) in [6.07, 6.45) is 1.96. The normalized spacial score (nSPS) is 33.4. The summed E-state index contributed by atoms with van der Waals surface area (Å²) < 4.78 is 29.1. The number of likely N-dealkylation sites (N-methyl/N-ethyl adjacent to an activating group) is 1. The monoisotopic (exact) mass is 708 g/mol. The number of esters is 2. The van der Waals surface area contributed by atoms with Crippen LogP contribution in [0.2, 0.25) is 5.02 Å². The number of rotatable bonds is 5. The van der Waals surface area contributed by atoms with Crippen LogP contribution in [-0.4, -0.2) is 103 Å². The second-order valence-electron chi connectivity index (χ2n) is 13.1. The lowest BCUT2D eigenvalue weighted by Crippen LogP contribution is -2.53. The Morgan fingerprint density at radius 2 is 1.94 bits per heavy atom. The summed E-state index contributed by atoms with van der Waals surface area (Å²) in [5.74, 6) is -1.90. The molecular weight excluding hydrogens is 664 g/mol. The molecule has 0 aliphatic carbocycles. The summed E-state index contributed by atoms with van der Waals surface area (Å²) in [5, 5.41) is 11.3. The molecule has 3 aliphatic heterocycles. The Morgan fingerprint density at radius 3 is 2.56 bits per heavy atom. The van der Waals surface area contributed by atoms with Crippen LogP contribution in [0.5, 0.6) is 5.75 Å². The summed E-state index contributed by atoms with van der Waals surface area (Å²) in [7, 11) is 5.93. The molecule has 0 saturated carbocycles. The number of amides is 2. The Labute approximate surface area is 291 Å². The SMILES string of the molecule is COc1cc2cc(c1Cl)N(C)C(=O)C[C@@H](OC(=O)[C@H](C)N(C)C(=O)S)[C@]1(C)O[C@H]1[C@H](C)[C@@H]1C[C@@](O)(CC(=O)O1)[C@H](OC)/C=C/C=C(\C)C2. The van der Waals surface area contributed by atoms with Crippen molar-refractivity contribution in [2.24, 2.45) is 5.92 Å². The fourth-order valence-electron chi connectivity index (χ4n) is 6.42. The zero-order valence-corrected chi connectivity index (χ0v) is 30.2. The van der Waals surface area contributed by atoms with E-state index in [-0.39, 0.29) is 24.3 Å². The second kappa shape index (κ2) is 14.8. The van der Waals surface area contributed by atoms with E-state index in [1.807, 2.05) is 19.9 Å². The van der Waals surface area contributed by atoms with E-state index in [0.29, 0.717) is 17.9 Å². The minimum absolute atomic E-state index is 0.0591. The number of nitrogens with zero attached hydrogens (tertiary/aromatic N) is 2. The average molecular weight is 709 g/mol. The maximum atomic E-state index is 14.0. The van der Waals surface area contributed by atoms with E-state index in [4.69, 9.17) is 35.3 Å². The number of aliphatic hydroxyl groups is 1. The van der Waals surface area contributed by atoms with Crippen molar-refractivity contribution in [2.75, 3.05) is 33.2 Å². The Balaban J connectivity index is 1.80. The van der Waals surface area contributed by atoms with Gasteiger partial charge < -0.3 is 38.6 Å². The van der Waals surface area contributed by atoms with Crippen LogP contribution < -0.4 is 9.64 Å². The fraction of sp³-hybridized carbons (Fsp3) is 0.588. The Morgan fingerprint density at radius 1 is 1.25 bits per heavy atom. The first-order valence-corrected chi connectivity index (χ1v) is 16.5. The van der Waals surface area contributed by atoms with E-state index in [1.165, 1.54) is 33.1 Å². The molecule has 4 rings (SSSR count). The van der Waals surface area contributed by atoms with Crippen molar-refractivity contribution in [3.05, 3.63) is 46.5 Å². The van der Waals surface area contributed by atoms with E-state index in [1.54, 1.807) is 38.3 Å². The summed E-state index contributed by atoms with van der Waals surface area (Å²) in [6.45, 7) is 6.94. The van der Waals surface area contributed by atoms with E-state index >= 15 is 0 Å². The zero-order valence-electron chi connectivity index (χ0n) is 28.5. The molecule has 264 valence electrons. The average Bonchev–Trinajstić information content (AvgIpc) is 3.73. The molecule has 1 aromatic carbocycles. The van der Waals surface area contributed by atoms with E-state index in [2.05, 4.69) is 12.6 Å². The highest BCUT2D eigenvalue weighted by Gasteiger charge is 2.64. The van der Waals surface area contributed by atoms with Gasteiger partial charge in [-0.25, -0.2) is 4.79 Å². The largest absolute Gasteiger partial charge is 0.495 e. The topological polar surface area (TPSA) is 144 Å². The van der Waals surface area contributed by atoms with Gasteiger partial charge >= 0.3 is 11.9 Å². The minimum atomic E-state index is -1.57. The van der Waals surface area contributed by atoms with Crippen LogP contribution in [0.15, 0.2) is 35.9 Å². The van der Waals surface area contributed by atoms with Crippen LogP contribution in [0.3, 0.4) is 0 Å². The molecule has 0 aromatic heterocycles. The van der Waals surface area contributed by atoms with Crippen molar-refractivity contribution >= 4 is 53.0 Å². The molecule has 3 heterocycles. The second-order valence-corrected chi connectivity index (χ2v) is 13.9. The molecule has 2 saturated heterocycles. The number of hydrogen-bond donors (Lipinski definition) is 2. The molecule has 0 spiro atoms. The van der Waals surface area contributed by atoms with Gasteiger partial charge in [0.15, 0.2) is 0 Å². The number of benzene rings is 1. The smallest absolute Gasteiger partial charge is 0.328 e. The quantitative estimate of drug-likeness (QED) is 0.258. The van der Waals surface area contributed by atoms with E-state index < -0.39 is 70.7 Å². The van der Waals surface area contributed by atoms with Gasteiger partial charge in [0.05, 0.1) is 31.7 Å². The van der Waals surface area contributed by atoms with Gasteiger partial charge in [-0.15, -0.1) is 0 Å². The summed E-state index contributed by atoms with van der Waals surface area (Å²) in [6, 6.07) is 2.57. The van der Waals surface area contributed by atoms with E-state index in [0.717, 1.165) is 16.0 Å². The van der Waals surface area contributed by atoms with Crippen molar-refractivity contribution in [3.63, 3.8) is 0 Å². The number of anilines is 1. The van der Waals surface area contributed by atoms with Gasteiger partial charge in [-0.05, 0) is 44.9 Å². The van der Waals surface area contributed by atoms with Gasteiger partial charge in [-0.3, -0.25) is 14.4 Å². The van der Waals surface area contributed by atoms with Crippen LogP contribution in [0.1, 0.15) is 52.5 Å². The summed E-state index contributed by atoms with van der Waals surface area (Å²) in [5.41, 5.74) is -0.609. The predicted molar refractivity (Wildman–Crippen MR) is 181 cm³/mol. The molecule has 8 atom stereocenters. The lowest BCUT2D eigenvalue weighted by atomic mass is 9.78. The molecule has 1 N–H and O–H groups in total. The Kier molecular flexibility index (Phi) is 11.6. The number of allylic oxidation sites excluding steroid dienone is 3. The Hall–Kier alpha value is -3.10. The van der Waals surface area contributed by atoms with Crippen LogP contribution in [0.4, 0.5) is 10.5 Å². The number of thiol groups is 1. The Bertz CT molecular complexity index is 1500. The van der Waals surface area contributed by atoms with Crippen molar-refractivity contribution in [1.29, 1.82) is 0 Å². The molecule has 2 fully saturated rings. The third-order valence-electron chi connectivity index (χ3n) is 9.69. The van der Waals surface area contributed by atoms with E-state index in [9.17, 15) is 24.3 Å². The summed E-state index contributed by atoms with van der Waals surface area (Å²) >= 11 is 10.5. The van der Waals surface area contributed by atoms with Gasteiger partial charge in [0.1, 0.15) is 46.3 Å². The van der Waals surface area contributed by atoms with Gasteiger partial charge in [-0.2, -0.15) is 0 Å². The first-order valence-electron chi connectivity index (χ1n) is 15.7. The predicted octanol–water partition coefficient (Wildman–Crippen LogP) is 4.29. The van der Waals surface area contributed by atoms with Crippen molar-refractivity contribution in [1.82, 2.24) is 4.90 Å². The minimum Gasteiger partial charge on any atom is -0.495 e. The number of fused-ring (bicyclic) bond motifs is 5. The molecule has 0 unspecified atom stereocenters. The number of carbonyl (C=O) groups is 4. The zero-order chi connectivity index (χ0) is 35.7. The molecule has 14 heteroatoms. The van der Waals surface area contributed by atoms with Gasteiger partial charge in [0.25, 0.3) is 5.24 Å². The van der Waals surface area contributed by atoms with Crippen LogP contribution in [0, 0.1) is 5.92 Å².